The summed E-state index contributed by atoms with van der Waals surface area (Å²) < 4.78 is 7.76. The van der Waals surface area contributed by atoms with Gasteiger partial charge >= 0.3 is 0 Å². The predicted octanol–water partition coefficient (Wildman–Crippen LogP) is 2.42. The van der Waals surface area contributed by atoms with E-state index in [1.807, 2.05) is 43.7 Å². The normalized spacial score (nSPS) is 11.0. The molecule has 6 heteroatoms. The van der Waals surface area contributed by atoms with E-state index in [9.17, 15) is 0 Å². The van der Waals surface area contributed by atoms with Crippen molar-refractivity contribution in [3.8, 4) is 11.5 Å². The Morgan fingerprint density at radius 1 is 1.23 bits per heavy atom. The number of benzene rings is 1. The van der Waals surface area contributed by atoms with Gasteiger partial charge in [0.15, 0.2) is 0 Å². The van der Waals surface area contributed by atoms with Crippen LogP contribution in [0.5, 0.6) is 0 Å². The third kappa shape index (κ3) is 3.59. The fourth-order valence-electron chi connectivity index (χ4n) is 2.25. The smallest absolute Gasteiger partial charge is 0.248 e. The van der Waals surface area contributed by atoms with E-state index in [-0.39, 0.29) is 0 Å². The van der Waals surface area contributed by atoms with Crippen molar-refractivity contribution in [1.82, 2.24) is 25.1 Å². The second kappa shape index (κ2) is 7.00. The third-order valence-corrected chi connectivity index (χ3v) is 3.45. The first kappa shape index (κ1) is 14.5. The first-order valence-electron chi connectivity index (χ1n) is 7.38. The molecule has 2 heterocycles. The highest BCUT2D eigenvalue weighted by Gasteiger charge is 2.09. The molecular formula is C16H19N5O. The van der Waals surface area contributed by atoms with Gasteiger partial charge in [0.2, 0.25) is 11.8 Å². The van der Waals surface area contributed by atoms with Crippen molar-refractivity contribution < 1.29 is 4.42 Å². The van der Waals surface area contributed by atoms with Crippen LogP contribution in [-0.4, -0.2) is 26.3 Å². The number of hydrogen-bond acceptors (Lipinski definition) is 5. The van der Waals surface area contributed by atoms with Gasteiger partial charge in [-0.1, -0.05) is 18.2 Å². The Bertz CT molecular complexity index is 705. The molecule has 0 saturated heterocycles. The Balaban J connectivity index is 1.47. The zero-order chi connectivity index (χ0) is 15.2. The molecule has 0 aliphatic rings. The Labute approximate surface area is 129 Å². The Morgan fingerprint density at radius 2 is 2.14 bits per heavy atom. The van der Waals surface area contributed by atoms with Crippen LogP contribution in [0.1, 0.15) is 17.9 Å². The van der Waals surface area contributed by atoms with Gasteiger partial charge in [-0.2, -0.15) is 0 Å². The van der Waals surface area contributed by atoms with E-state index >= 15 is 0 Å². The summed E-state index contributed by atoms with van der Waals surface area (Å²) in [5, 5.41) is 11.5. The average molecular weight is 297 g/mol. The van der Waals surface area contributed by atoms with E-state index in [4.69, 9.17) is 4.42 Å². The summed E-state index contributed by atoms with van der Waals surface area (Å²) in [5.41, 5.74) is 2.12. The maximum absolute atomic E-state index is 5.70. The van der Waals surface area contributed by atoms with Gasteiger partial charge in [0.1, 0.15) is 0 Å². The zero-order valence-electron chi connectivity index (χ0n) is 12.6. The van der Waals surface area contributed by atoms with Crippen molar-refractivity contribution in [1.29, 1.82) is 0 Å². The van der Waals surface area contributed by atoms with Gasteiger partial charge in [0.05, 0.1) is 12.9 Å². The van der Waals surface area contributed by atoms with Gasteiger partial charge in [0, 0.05) is 24.5 Å². The minimum atomic E-state index is 0.577. The quantitative estimate of drug-likeness (QED) is 0.678. The summed E-state index contributed by atoms with van der Waals surface area (Å²) in [4.78, 5) is 4.02. The van der Waals surface area contributed by atoms with Crippen LogP contribution in [0.15, 0.2) is 47.4 Å². The molecule has 0 atom stereocenters. The van der Waals surface area contributed by atoms with Gasteiger partial charge in [0.25, 0.3) is 0 Å². The highest BCUT2D eigenvalue weighted by Crippen LogP contribution is 2.21. The number of imidazole rings is 1. The fourth-order valence-corrected chi connectivity index (χ4v) is 2.25. The van der Waals surface area contributed by atoms with E-state index < -0.39 is 0 Å². The van der Waals surface area contributed by atoms with Crippen molar-refractivity contribution in [3.63, 3.8) is 0 Å². The minimum Gasteiger partial charge on any atom is -0.419 e. The summed E-state index contributed by atoms with van der Waals surface area (Å²) in [6.45, 7) is 4.46. The van der Waals surface area contributed by atoms with Gasteiger partial charge < -0.3 is 14.3 Å². The van der Waals surface area contributed by atoms with Crippen molar-refractivity contribution in [2.45, 2.75) is 26.4 Å². The molecule has 6 nitrogen and oxygen atoms in total. The molecule has 0 amide bonds. The molecule has 0 unspecified atom stereocenters. The van der Waals surface area contributed by atoms with Gasteiger partial charge in [-0.25, -0.2) is 4.98 Å². The molecule has 0 saturated carbocycles. The zero-order valence-corrected chi connectivity index (χ0v) is 12.6. The molecule has 2 aromatic heterocycles. The number of aryl methyl sites for hydroxylation is 2. The van der Waals surface area contributed by atoms with E-state index in [2.05, 4.69) is 25.1 Å². The Kier molecular flexibility index (Phi) is 4.60. The maximum Gasteiger partial charge on any atom is 0.248 e. The number of rotatable bonds is 7. The number of nitrogens with zero attached hydrogens (tertiary/aromatic N) is 4. The lowest BCUT2D eigenvalue weighted by Gasteiger charge is -2.03. The molecule has 0 fully saturated rings. The van der Waals surface area contributed by atoms with Crippen LogP contribution >= 0.6 is 0 Å². The second-order valence-electron chi connectivity index (χ2n) is 5.15. The van der Waals surface area contributed by atoms with Crippen molar-refractivity contribution in [3.05, 3.63) is 54.4 Å². The highest BCUT2D eigenvalue weighted by atomic mass is 16.4. The Morgan fingerprint density at radius 3 is 2.95 bits per heavy atom. The molecule has 0 aliphatic carbocycles. The number of hydrogen-bond donors (Lipinski definition) is 1. The molecule has 3 aromatic rings. The molecule has 1 aromatic carbocycles. The van der Waals surface area contributed by atoms with Crippen LogP contribution in [0.4, 0.5) is 0 Å². The topological polar surface area (TPSA) is 68.8 Å². The summed E-state index contributed by atoms with van der Waals surface area (Å²) >= 11 is 0. The molecule has 22 heavy (non-hydrogen) atoms. The van der Waals surface area contributed by atoms with Crippen molar-refractivity contribution >= 4 is 0 Å². The van der Waals surface area contributed by atoms with Crippen LogP contribution in [0.2, 0.25) is 0 Å². The standard InChI is InChI=1S/C16H19N5O/c1-13-5-2-3-6-14(13)16-20-19-15(22-16)11-17-7-4-9-21-10-8-18-12-21/h2-3,5-6,8,10,12,17H,4,7,9,11H2,1H3. The monoisotopic (exact) mass is 297 g/mol. The molecule has 114 valence electrons. The van der Waals surface area contributed by atoms with Gasteiger partial charge in [-0.3, -0.25) is 0 Å². The van der Waals surface area contributed by atoms with E-state index in [0.717, 1.165) is 30.6 Å². The second-order valence-corrected chi connectivity index (χ2v) is 5.15. The summed E-state index contributed by atoms with van der Waals surface area (Å²) in [7, 11) is 0. The summed E-state index contributed by atoms with van der Waals surface area (Å²) in [6, 6.07) is 8.00. The first-order valence-corrected chi connectivity index (χ1v) is 7.38. The molecule has 0 bridgehead atoms. The van der Waals surface area contributed by atoms with Gasteiger partial charge in [-0.05, 0) is 31.5 Å². The molecule has 0 radical (unpaired) electrons. The molecule has 1 N–H and O–H groups in total. The van der Waals surface area contributed by atoms with Crippen LogP contribution < -0.4 is 5.32 Å². The van der Waals surface area contributed by atoms with E-state index in [1.54, 1.807) is 6.20 Å². The van der Waals surface area contributed by atoms with Crippen LogP contribution in [0, 0.1) is 6.92 Å². The first-order chi connectivity index (χ1) is 10.8. The molecule has 0 aliphatic heterocycles. The van der Waals surface area contributed by atoms with Crippen LogP contribution in [-0.2, 0) is 13.1 Å². The minimum absolute atomic E-state index is 0.577. The number of aromatic nitrogens is 4. The average Bonchev–Trinajstić information content (AvgIpc) is 3.19. The van der Waals surface area contributed by atoms with Crippen molar-refractivity contribution in [2.24, 2.45) is 0 Å². The lowest BCUT2D eigenvalue weighted by Crippen LogP contribution is -2.16. The fraction of sp³-hybridized carbons (Fsp3) is 0.312. The van der Waals surface area contributed by atoms with Crippen molar-refractivity contribution in [2.75, 3.05) is 6.54 Å². The maximum atomic E-state index is 5.70. The molecular weight excluding hydrogens is 278 g/mol. The SMILES string of the molecule is Cc1ccccc1-c1nnc(CNCCCn2ccnc2)o1. The molecule has 0 spiro atoms. The largest absolute Gasteiger partial charge is 0.419 e. The predicted molar refractivity (Wildman–Crippen MR) is 83.0 cm³/mol. The van der Waals surface area contributed by atoms with Crippen LogP contribution in [0.25, 0.3) is 11.5 Å². The van der Waals surface area contributed by atoms with Crippen LogP contribution in [0.3, 0.4) is 0 Å². The molecule has 3 rings (SSSR count). The summed E-state index contributed by atoms with van der Waals surface area (Å²) in [6.07, 6.45) is 6.60. The summed E-state index contributed by atoms with van der Waals surface area (Å²) in [5.74, 6) is 1.19. The van der Waals surface area contributed by atoms with E-state index in [0.29, 0.717) is 18.3 Å². The van der Waals surface area contributed by atoms with E-state index in [1.165, 1.54) is 0 Å². The highest BCUT2D eigenvalue weighted by molar-refractivity contribution is 5.57. The Hall–Kier alpha value is -2.47. The lowest BCUT2D eigenvalue weighted by atomic mass is 10.1. The number of nitrogens with one attached hydrogen (secondary N) is 1. The third-order valence-electron chi connectivity index (χ3n) is 3.45. The lowest BCUT2D eigenvalue weighted by molar-refractivity contribution is 0.470. The van der Waals surface area contributed by atoms with Gasteiger partial charge in [-0.15, -0.1) is 10.2 Å².